The van der Waals surface area contributed by atoms with E-state index in [1.807, 2.05) is 45.0 Å². The van der Waals surface area contributed by atoms with E-state index in [4.69, 9.17) is 9.47 Å². The largest absolute Gasteiger partial charge is 0.591 e. The molecule has 1 aromatic heterocycles. The van der Waals surface area contributed by atoms with Crippen LogP contribution in [0, 0.1) is 0 Å². The number of thiazole rings is 1. The molecule has 2 heterocycles. The number of carbonyl (C=O) groups is 1. The molecule has 8 heteroatoms. The number of aromatic nitrogens is 1. The predicted molar refractivity (Wildman–Crippen MR) is 107 cm³/mol. The first-order chi connectivity index (χ1) is 12.8. The second kappa shape index (κ2) is 8.00. The van der Waals surface area contributed by atoms with Gasteiger partial charge < -0.3 is 14.0 Å². The molecule has 6 nitrogen and oxygen atoms in total. The summed E-state index contributed by atoms with van der Waals surface area (Å²) in [7, 11) is 0. The lowest BCUT2D eigenvalue weighted by Gasteiger charge is -2.26. The van der Waals surface area contributed by atoms with Crippen molar-refractivity contribution in [1.82, 2.24) is 4.98 Å². The number of hydrogen-bond donors (Lipinski definition) is 0. The van der Waals surface area contributed by atoms with E-state index in [1.54, 1.807) is 6.92 Å². The second-order valence-electron chi connectivity index (χ2n) is 6.99. The van der Waals surface area contributed by atoms with E-state index < -0.39 is 16.1 Å². The van der Waals surface area contributed by atoms with Gasteiger partial charge in [-0.2, -0.15) is 0 Å². The Morgan fingerprint density at radius 2 is 2.19 bits per heavy atom. The number of nitrogens with zero attached hydrogens (tertiary/aromatic N) is 2. The van der Waals surface area contributed by atoms with Gasteiger partial charge in [-0.1, -0.05) is 16.5 Å². The van der Waals surface area contributed by atoms with Crippen molar-refractivity contribution in [2.24, 2.45) is 4.40 Å². The van der Waals surface area contributed by atoms with E-state index in [2.05, 4.69) is 9.38 Å². The predicted octanol–water partition coefficient (Wildman–Crippen LogP) is 4.09. The zero-order valence-electron chi connectivity index (χ0n) is 15.7. The highest BCUT2D eigenvalue weighted by Crippen LogP contribution is 2.37. The van der Waals surface area contributed by atoms with Gasteiger partial charge in [-0.3, -0.25) is 0 Å². The van der Waals surface area contributed by atoms with Crippen LogP contribution in [0.5, 0.6) is 5.75 Å². The van der Waals surface area contributed by atoms with Gasteiger partial charge in [-0.15, -0.1) is 11.3 Å². The SMILES string of the molecule is CCOC(=O)c1cnc(C2CC(=N[S+]([O-])C(C)(C)C)c3ccccc3O2)s1. The number of carbonyl (C=O) groups excluding carboxylic acids is 1. The third-order valence-electron chi connectivity index (χ3n) is 3.84. The molecule has 0 saturated heterocycles. The maximum Gasteiger partial charge on any atom is 0.349 e. The van der Waals surface area contributed by atoms with Crippen LogP contribution in [0.3, 0.4) is 0 Å². The first-order valence-corrected chi connectivity index (χ1v) is 10.6. The van der Waals surface area contributed by atoms with Gasteiger partial charge in [0, 0.05) is 12.0 Å². The summed E-state index contributed by atoms with van der Waals surface area (Å²) in [6.07, 6.45) is 1.56. The lowest BCUT2D eigenvalue weighted by Crippen LogP contribution is -2.29. The number of rotatable bonds is 4. The third-order valence-corrected chi connectivity index (χ3v) is 6.34. The quantitative estimate of drug-likeness (QED) is 0.564. The Kier molecular flexibility index (Phi) is 5.88. The van der Waals surface area contributed by atoms with Gasteiger partial charge in [0.15, 0.2) is 6.10 Å². The first kappa shape index (κ1) is 19.9. The summed E-state index contributed by atoms with van der Waals surface area (Å²) in [5.74, 6) is 0.284. The Balaban J connectivity index is 1.92. The highest BCUT2D eigenvalue weighted by Gasteiger charge is 2.33. The minimum absolute atomic E-state index is 0.314. The average Bonchev–Trinajstić information content (AvgIpc) is 3.11. The van der Waals surface area contributed by atoms with Gasteiger partial charge in [0.25, 0.3) is 0 Å². The zero-order valence-corrected chi connectivity index (χ0v) is 17.4. The number of fused-ring (bicyclic) bond motifs is 1. The topological polar surface area (TPSA) is 83.8 Å². The monoisotopic (exact) mass is 406 g/mol. The van der Waals surface area contributed by atoms with Crippen LogP contribution in [0.15, 0.2) is 34.9 Å². The van der Waals surface area contributed by atoms with Crippen LogP contribution >= 0.6 is 11.3 Å². The minimum Gasteiger partial charge on any atom is -0.591 e. The van der Waals surface area contributed by atoms with E-state index in [0.29, 0.717) is 28.7 Å². The fourth-order valence-corrected chi connectivity index (χ4v) is 3.97. The van der Waals surface area contributed by atoms with E-state index in [1.165, 1.54) is 17.5 Å². The van der Waals surface area contributed by atoms with Crippen molar-refractivity contribution in [3.05, 3.63) is 45.9 Å². The van der Waals surface area contributed by atoms with Gasteiger partial charge in [0.05, 0.1) is 12.8 Å². The molecule has 0 bridgehead atoms. The highest BCUT2D eigenvalue weighted by atomic mass is 32.2. The molecule has 1 aromatic carbocycles. The fraction of sp³-hybridized carbons (Fsp3) is 0.421. The molecule has 0 N–H and O–H groups in total. The van der Waals surface area contributed by atoms with Crippen molar-refractivity contribution in [2.45, 2.75) is 45.0 Å². The molecule has 0 aliphatic carbocycles. The summed E-state index contributed by atoms with van der Waals surface area (Å²) in [4.78, 5) is 16.7. The average molecular weight is 407 g/mol. The van der Waals surface area contributed by atoms with E-state index in [9.17, 15) is 9.35 Å². The summed E-state index contributed by atoms with van der Waals surface area (Å²) in [5.41, 5.74) is 1.57. The Morgan fingerprint density at radius 3 is 2.89 bits per heavy atom. The minimum atomic E-state index is -1.38. The molecule has 144 valence electrons. The van der Waals surface area contributed by atoms with Crippen LogP contribution in [-0.4, -0.2) is 32.6 Å². The van der Waals surface area contributed by atoms with Crippen molar-refractivity contribution < 1.29 is 18.8 Å². The number of para-hydroxylation sites is 1. The van der Waals surface area contributed by atoms with E-state index in [-0.39, 0.29) is 12.1 Å². The molecular formula is C19H22N2O4S2. The molecule has 0 radical (unpaired) electrons. The smallest absolute Gasteiger partial charge is 0.349 e. The standard InChI is InChI=1S/C19H22N2O4S2/c1-5-24-18(22)16-11-20-17(26-16)15-10-13(21-27(23)19(2,3)4)12-8-6-7-9-14(12)25-15/h6-9,11,15H,5,10H2,1-4H3. The van der Waals surface area contributed by atoms with Crippen molar-refractivity contribution in [2.75, 3.05) is 6.61 Å². The molecule has 1 aliphatic heterocycles. The molecule has 2 atom stereocenters. The number of ether oxygens (including phenoxy) is 2. The maximum atomic E-state index is 12.6. The van der Waals surface area contributed by atoms with Gasteiger partial charge in [-0.25, -0.2) is 9.78 Å². The molecule has 3 rings (SSSR count). The Labute approximate surface area is 166 Å². The Bertz CT molecular complexity index is 857. The van der Waals surface area contributed by atoms with Crippen LogP contribution in [0.4, 0.5) is 0 Å². The van der Waals surface area contributed by atoms with Gasteiger partial charge in [-0.05, 0) is 39.8 Å². The lowest BCUT2D eigenvalue weighted by atomic mass is 10.0. The molecule has 27 heavy (non-hydrogen) atoms. The first-order valence-electron chi connectivity index (χ1n) is 8.68. The molecule has 2 aromatic rings. The van der Waals surface area contributed by atoms with Crippen molar-refractivity contribution in [1.29, 1.82) is 0 Å². The van der Waals surface area contributed by atoms with Crippen molar-refractivity contribution in [3.63, 3.8) is 0 Å². The van der Waals surface area contributed by atoms with Crippen molar-refractivity contribution >= 4 is 34.4 Å². The summed E-state index contributed by atoms with van der Waals surface area (Å²) in [6, 6.07) is 7.55. The molecule has 0 amide bonds. The fourth-order valence-electron chi connectivity index (χ4n) is 2.48. The van der Waals surface area contributed by atoms with Gasteiger partial charge >= 0.3 is 5.97 Å². The van der Waals surface area contributed by atoms with Gasteiger partial charge in [0.1, 0.15) is 37.5 Å². The molecule has 0 spiro atoms. The molecule has 0 fully saturated rings. The normalized spacial score (nSPS) is 19.3. The van der Waals surface area contributed by atoms with Gasteiger partial charge in [0.2, 0.25) is 0 Å². The number of hydrogen-bond acceptors (Lipinski definition) is 7. The summed E-state index contributed by atoms with van der Waals surface area (Å²) >= 11 is -0.130. The summed E-state index contributed by atoms with van der Waals surface area (Å²) < 4.78 is 27.7. The zero-order chi connectivity index (χ0) is 19.6. The second-order valence-corrected chi connectivity index (χ2v) is 9.96. The lowest BCUT2D eigenvalue weighted by molar-refractivity contribution is 0.0532. The summed E-state index contributed by atoms with van der Waals surface area (Å²) in [5, 5.41) is 0.668. The third kappa shape index (κ3) is 4.51. The molecule has 2 unspecified atom stereocenters. The van der Waals surface area contributed by atoms with Crippen LogP contribution in [0.2, 0.25) is 0 Å². The van der Waals surface area contributed by atoms with Crippen molar-refractivity contribution in [3.8, 4) is 5.75 Å². The van der Waals surface area contributed by atoms with E-state index >= 15 is 0 Å². The van der Waals surface area contributed by atoms with Crippen LogP contribution in [-0.2, 0) is 16.1 Å². The highest BCUT2D eigenvalue weighted by molar-refractivity contribution is 7.91. The molecule has 0 saturated carbocycles. The summed E-state index contributed by atoms with van der Waals surface area (Å²) in [6.45, 7) is 7.75. The molecular weight excluding hydrogens is 384 g/mol. The Hall–Kier alpha value is -1.90. The maximum absolute atomic E-state index is 12.6. The van der Waals surface area contributed by atoms with Crippen LogP contribution in [0.1, 0.15) is 60.5 Å². The van der Waals surface area contributed by atoms with Crippen LogP contribution in [0.25, 0.3) is 0 Å². The number of benzene rings is 1. The van der Waals surface area contributed by atoms with Crippen LogP contribution < -0.4 is 4.74 Å². The van der Waals surface area contributed by atoms with E-state index in [0.717, 1.165) is 11.3 Å². The molecule has 1 aliphatic rings. The Morgan fingerprint density at radius 1 is 1.44 bits per heavy atom. The number of esters is 1.